The second-order valence-corrected chi connectivity index (χ2v) is 15.6. The van der Waals surface area contributed by atoms with Gasteiger partial charge in [-0.3, -0.25) is 0 Å². The van der Waals surface area contributed by atoms with Gasteiger partial charge in [-0.1, -0.05) is 179 Å². The van der Waals surface area contributed by atoms with E-state index in [1.165, 1.54) is 0 Å². The Balaban J connectivity index is 0.000000204. The Hall–Kier alpha value is -4.67. The third-order valence-corrected chi connectivity index (χ3v) is 11.3. The molecule has 1 N–H and O–H groups in total. The zero-order valence-electron chi connectivity index (χ0n) is 34.8. The summed E-state index contributed by atoms with van der Waals surface area (Å²) in [6, 6.07) is 49.9. The molecule has 0 amide bonds. The quantitative estimate of drug-likeness (QED) is 0.0988. The lowest BCUT2D eigenvalue weighted by Gasteiger charge is -2.50. The van der Waals surface area contributed by atoms with Crippen molar-refractivity contribution in [3.63, 3.8) is 0 Å². The van der Waals surface area contributed by atoms with Crippen LogP contribution in [0.2, 0.25) is 0 Å². The number of aliphatic hydroxyl groups is 1. The fourth-order valence-corrected chi connectivity index (χ4v) is 7.99. The molecule has 2 aliphatic heterocycles. The van der Waals surface area contributed by atoms with E-state index in [0.717, 1.165) is 40.7 Å². The Bertz CT molecular complexity index is 1930. The van der Waals surface area contributed by atoms with Crippen LogP contribution in [0.15, 0.2) is 152 Å². The Kier molecular flexibility index (Phi) is 16.4. The SMILES string of the molecule is CC[C@H]1OC(=O)[C@H](OCc2ccccc2)[C@@H](OCc2ccccc2)C1C.CC[C@H]1O[C@@](O)(Cc2ccccc2)[C@H](OCc2ccccc2)[C@@H](OCc2ccccc2)C1C. The molecule has 5 aromatic rings. The predicted octanol–water partition coefficient (Wildman–Crippen LogP) is 9.66. The lowest BCUT2D eigenvalue weighted by Crippen LogP contribution is -2.63. The second kappa shape index (κ2) is 22.1. The van der Waals surface area contributed by atoms with Crippen molar-refractivity contribution in [2.45, 2.75) is 116 Å². The Morgan fingerprint density at radius 1 is 0.508 bits per heavy atom. The number of carbonyl (C=O) groups is 1. The average molecular weight is 801 g/mol. The molecular weight excluding hydrogens is 741 g/mol. The summed E-state index contributed by atoms with van der Waals surface area (Å²) in [5.41, 5.74) is 5.24. The van der Waals surface area contributed by atoms with Crippen molar-refractivity contribution in [2.24, 2.45) is 11.8 Å². The predicted molar refractivity (Wildman–Crippen MR) is 229 cm³/mol. The van der Waals surface area contributed by atoms with Gasteiger partial charge in [0.1, 0.15) is 18.3 Å². The van der Waals surface area contributed by atoms with Crippen molar-refractivity contribution in [1.29, 1.82) is 0 Å². The van der Waals surface area contributed by atoms with Crippen molar-refractivity contribution in [3.05, 3.63) is 179 Å². The van der Waals surface area contributed by atoms with E-state index in [2.05, 4.69) is 32.9 Å². The summed E-state index contributed by atoms with van der Waals surface area (Å²) in [5.74, 6) is -1.69. The summed E-state index contributed by atoms with van der Waals surface area (Å²) in [6.07, 6.45) is -0.376. The number of benzene rings is 5. The Morgan fingerprint density at radius 2 is 0.881 bits per heavy atom. The molecule has 9 atom stereocenters. The zero-order chi connectivity index (χ0) is 41.5. The van der Waals surface area contributed by atoms with Gasteiger partial charge >= 0.3 is 5.97 Å². The summed E-state index contributed by atoms with van der Waals surface area (Å²) in [5, 5.41) is 11.9. The molecule has 8 heteroatoms. The van der Waals surface area contributed by atoms with E-state index in [4.69, 9.17) is 28.4 Å². The number of cyclic esters (lactones) is 1. The first kappa shape index (κ1) is 43.9. The van der Waals surface area contributed by atoms with Crippen LogP contribution < -0.4 is 0 Å². The molecule has 2 unspecified atom stereocenters. The molecule has 7 rings (SSSR count). The number of rotatable bonds is 16. The largest absolute Gasteiger partial charge is 0.460 e. The van der Waals surface area contributed by atoms with Gasteiger partial charge in [0.2, 0.25) is 0 Å². The number of hydrogen-bond acceptors (Lipinski definition) is 8. The molecule has 2 aliphatic rings. The summed E-state index contributed by atoms with van der Waals surface area (Å²) in [7, 11) is 0. The van der Waals surface area contributed by atoms with E-state index < -0.39 is 18.0 Å². The monoisotopic (exact) mass is 800 g/mol. The minimum Gasteiger partial charge on any atom is -0.460 e. The highest BCUT2D eigenvalue weighted by atomic mass is 16.7. The number of hydrogen-bond donors (Lipinski definition) is 1. The van der Waals surface area contributed by atoms with Crippen LogP contribution in [0.1, 0.15) is 68.4 Å². The van der Waals surface area contributed by atoms with Gasteiger partial charge in [-0.25, -0.2) is 4.79 Å². The van der Waals surface area contributed by atoms with Crippen molar-refractivity contribution >= 4 is 5.97 Å². The van der Waals surface area contributed by atoms with E-state index in [-0.39, 0.29) is 42.2 Å². The van der Waals surface area contributed by atoms with Crippen LogP contribution in [0, 0.1) is 11.8 Å². The molecule has 2 fully saturated rings. The standard InChI is InChI=1S/C29H34O4.C22H26O4/c1-3-26-22(2)27(31-20-24-15-9-5-10-16-24)28(32-21-25-17-11-6-12-18-25)29(30,33-26)19-23-13-7-4-8-14-23;1-3-19-16(2)20(24-14-17-10-6-4-7-11-17)21(22(23)26-19)25-15-18-12-8-5-9-13-18/h4-18,22,26-28,30H,3,19-21H2,1-2H3;4-13,16,19-21H,3,14-15H2,1-2H3/t22?,26-,27+,28-,29+;16?,19-,20+,21-/m11/s1. The molecule has 0 radical (unpaired) electrons. The Morgan fingerprint density at radius 3 is 1.32 bits per heavy atom. The van der Waals surface area contributed by atoms with Gasteiger partial charge in [0.25, 0.3) is 0 Å². The average Bonchev–Trinajstić information content (AvgIpc) is 3.27. The van der Waals surface area contributed by atoms with Crippen molar-refractivity contribution in [1.82, 2.24) is 0 Å². The molecule has 0 aromatic heterocycles. The Labute approximate surface area is 350 Å². The highest BCUT2D eigenvalue weighted by Gasteiger charge is 2.53. The second-order valence-electron chi connectivity index (χ2n) is 15.6. The van der Waals surface area contributed by atoms with Crippen LogP contribution in [0.4, 0.5) is 0 Å². The first-order valence-electron chi connectivity index (χ1n) is 21.0. The maximum atomic E-state index is 12.5. The van der Waals surface area contributed by atoms with Crippen LogP contribution in [-0.2, 0) is 66.1 Å². The topological polar surface area (TPSA) is 92.7 Å². The summed E-state index contributed by atoms with van der Waals surface area (Å²) >= 11 is 0. The summed E-state index contributed by atoms with van der Waals surface area (Å²) in [4.78, 5) is 12.5. The molecule has 8 nitrogen and oxygen atoms in total. The minimum atomic E-state index is -1.50. The number of esters is 1. The molecule has 5 aromatic carbocycles. The third-order valence-electron chi connectivity index (χ3n) is 11.3. The maximum absolute atomic E-state index is 12.5. The van der Waals surface area contributed by atoms with E-state index in [9.17, 15) is 9.90 Å². The van der Waals surface area contributed by atoms with E-state index in [1.807, 2.05) is 146 Å². The van der Waals surface area contributed by atoms with Crippen LogP contribution in [-0.4, -0.2) is 53.5 Å². The molecule has 2 heterocycles. The van der Waals surface area contributed by atoms with E-state index >= 15 is 0 Å². The van der Waals surface area contributed by atoms with Crippen LogP contribution >= 0.6 is 0 Å². The van der Waals surface area contributed by atoms with E-state index in [1.54, 1.807) is 0 Å². The molecular formula is C51H60O8. The maximum Gasteiger partial charge on any atom is 0.338 e. The highest BCUT2D eigenvalue weighted by molar-refractivity contribution is 5.76. The smallest absolute Gasteiger partial charge is 0.338 e. The van der Waals surface area contributed by atoms with Gasteiger partial charge in [-0.05, 0) is 40.7 Å². The van der Waals surface area contributed by atoms with Gasteiger partial charge in [0.15, 0.2) is 11.9 Å². The van der Waals surface area contributed by atoms with Gasteiger partial charge in [-0.15, -0.1) is 0 Å². The fourth-order valence-electron chi connectivity index (χ4n) is 7.99. The van der Waals surface area contributed by atoms with Crippen LogP contribution in [0.3, 0.4) is 0 Å². The highest BCUT2D eigenvalue weighted by Crippen LogP contribution is 2.39. The first-order chi connectivity index (χ1) is 28.8. The molecule has 2 saturated heterocycles. The normalized spacial score (nSPS) is 26.6. The molecule has 0 saturated carbocycles. The van der Waals surface area contributed by atoms with Gasteiger partial charge < -0.3 is 33.5 Å². The van der Waals surface area contributed by atoms with Crippen molar-refractivity contribution in [3.8, 4) is 0 Å². The van der Waals surface area contributed by atoms with Crippen molar-refractivity contribution < 1.29 is 38.3 Å². The lowest BCUT2D eigenvalue weighted by atomic mass is 9.82. The molecule has 312 valence electrons. The van der Waals surface area contributed by atoms with Crippen LogP contribution in [0.25, 0.3) is 0 Å². The summed E-state index contributed by atoms with van der Waals surface area (Å²) in [6.45, 7) is 9.94. The number of ether oxygens (including phenoxy) is 6. The van der Waals surface area contributed by atoms with Gasteiger partial charge in [0.05, 0.1) is 38.6 Å². The number of carbonyl (C=O) groups excluding carboxylic acids is 1. The fraction of sp³-hybridized carbons (Fsp3) is 0.392. The minimum absolute atomic E-state index is 0.0653. The molecule has 0 spiro atoms. The van der Waals surface area contributed by atoms with Gasteiger partial charge in [0, 0.05) is 18.3 Å². The van der Waals surface area contributed by atoms with E-state index in [0.29, 0.717) is 32.8 Å². The lowest BCUT2D eigenvalue weighted by molar-refractivity contribution is -0.351. The first-order valence-corrected chi connectivity index (χ1v) is 21.0. The molecule has 59 heavy (non-hydrogen) atoms. The molecule has 0 aliphatic carbocycles. The van der Waals surface area contributed by atoms with Crippen LogP contribution in [0.5, 0.6) is 0 Å². The third kappa shape index (κ3) is 12.2. The zero-order valence-corrected chi connectivity index (χ0v) is 34.8. The summed E-state index contributed by atoms with van der Waals surface area (Å²) < 4.78 is 37.0. The van der Waals surface area contributed by atoms with Crippen molar-refractivity contribution in [2.75, 3.05) is 0 Å². The molecule has 0 bridgehead atoms. The van der Waals surface area contributed by atoms with Gasteiger partial charge in [-0.2, -0.15) is 0 Å².